The number of hydrogen-bond donors (Lipinski definition) is 2. The molecule has 0 unspecified atom stereocenters. The van der Waals surface area contributed by atoms with Crippen LogP contribution in [0.1, 0.15) is 48.0 Å². The summed E-state index contributed by atoms with van der Waals surface area (Å²) < 4.78 is 18.2. The van der Waals surface area contributed by atoms with Crippen molar-refractivity contribution >= 4 is 28.4 Å². The van der Waals surface area contributed by atoms with Crippen LogP contribution in [0.25, 0.3) is 10.9 Å². The largest absolute Gasteiger partial charge is 0.497 e. The highest BCUT2D eigenvalue weighted by molar-refractivity contribution is 5.98. The predicted molar refractivity (Wildman–Crippen MR) is 163 cm³/mol. The lowest BCUT2D eigenvalue weighted by Gasteiger charge is -2.23. The molecule has 3 N–H and O–H groups in total. The van der Waals surface area contributed by atoms with Gasteiger partial charge in [0.05, 0.1) is 30.2 Å². The van der Waals surface area contributed by atoms with Gasteiger partial charge in [-0.25, -0.2) is 15.6 Å². The molecule has 6 rings (SSSR count). The van der Waals surface area contributed by atoms with Gasteiger partial charge in [0.1, 0.15) is 12.3 Å². The van der Waals surface area contributed by atoms with Crippen LogP contribution in [0.4, 0.5) is 5.69 Å². The van der Waals surface area contributed by atoms with E-state index in [1.165, 1.54) is 23.8 Å². The van der Waals surface area contributed by atoms with Gasteiger partial charge in [0.25, 0.3) is 17.4 Å². The molecule has 0 spiro atoms. The Morgan fingerprint density at radius 2 is 1.70 bits per heavy atom. The number of hydrogen-bond acceptors (Lipinski definition) is 8. The minimum Gasteiger partial charge on any atom is -0.497 e. The number of aromatic nitrogens is 2. The summed E-state index contributed by atoms with van der Waals surface area (Å²) >= 11 is 0. The number of carbonyl (C=O) groups is 2. The molecule has 2 amide bonds. The van der Waals surface area contributed by atoms with Crippen molar-refractivity contribution < 1.29 is 23.8 Å². The normalized spacial score (nSPS) is 14.4. The number of hydrazine groups is 1. The van der Waals surface area contributed by atoms with Crippen molar-refractivity contribution in [3.8, 4) is 17.2 Å². The van der Waals surface area contributed by atoms with E-state index in [2.05, 4.69) is 5.32 Å². The van der Waals surface area contributed by atoms with E-state index in [4.69, 9.17) is 20.1 Å². The van der Waals surface area contributed by atoms with Gasteiger partial charge in [-0.3, -0.25) is 23.5 Å². The maximum Gasteiger partial charge on any atom is 0.332 e. The number of amides is 2. The first-order valence-corrected chi connectivity index (χ1v) is 14.5. The van der Waals surface area contributed by atoms with Gasteiger partial charge in [0.2, 0.25) is 6.79 Å². The molecule has 1 saturated carbocycles. The van der Waals surface area contributed by atoms with E-state index in [-0.39, 0.29) is 41.8 Å². The number of anilines is 1. The van der Waals surface area contributed by atoms with E-state index in [1.54, 1.807) is 48.5 Å². The summed E-state index contributed by atoms with van der Waals surface area (Å²) in [5.74, 6) is 6.94. The summed E-state index contributed by atoms with van der Waals surface area (Å²) in [5, 5.41) is 4.18. The number of rotatable bonds is 8. The van der Waals surface area contributed by atoms with Gasteiger partial charge >= 0.3 is 5.69 Å². The summed E-state index contributed by atoms with van der Waals surface area (Å²) in [4.78, 5) is 54.3. The zero-order valence-corrected chi connectivity index (χ0v) is 24.3. The second-order valence-electron chi connectivity index (χ2n) is 10.9. The molecule has 0 radical (unpaired) electrons. The average Bonchev–Trinajstić information content (AvgIpc) is 3.53. The summed E-state index contributed by atoms with van der Waals surface area (Å²) in [6.07, 6.45) is 5.06. The molecule has 1 aromatic heterocycles. The minimum atomic E-state index is -0.721. The van der Waals surface area contributed by atoms with Crippen LogP contribution in [0, 0.1) is 0 Å². The third-order valence-electron chi connectivity index (χ3n) is 8.12. The van der Waals surface area contributed by atoms with E-state index in [9.17, 15) is 19.2 Å². The monoisotopic (exact) mass is 599 g/mol. The lowest BCUT2D eigenvalue weighted by atomic mass is 9.95. The number of carbonyl (C=O) groups excluding carboxylic acids is 2. The van der Waals surface area contributed by atoms with Crippen LogP contribution in [-0.2, 0) is 17.9 Å². The summed E-state index contributed by atoms with van der Waals surface area (Å²) in [6.45, 7) is -0.468. The van der Waals surface area contributed by atoms with Crippen molar-refractivity contribution in [1.29, 1.82) is 0 Å². The van der Waals surface area contributed by atoms with Gasteiger partial charge in [-0.1, -0.05) is 25.3 Å². The third-order valence-corrected chi connectivity index (χ3v) is 8.12. The predicted octanol–water partition coefficient (Wildman–Crippen LogP) is 2.92. The fourth-order valence-corrected chi connectivity index (χ4v) is 5.69. The number of ether oxygens (including phenoxy) is 3. The van der Waals surface area contributed by atoms with E-state index in [0.29, 0.717) is 28.5 Å². The zero-order valence-electron chi connectivity index (χ0n) is 24.3. The number of nitrogens with one attached hydrogen (secondary N) is 1. The van der Waals surface area contributed by atoms with Crippen LogP contribution in [0.5, 0.6) is 17.2 Å². The third kappa shape index (κ3) is 5.76. The Hall–Kier alpha value is -5.10. The first kappa shape index (κ1) is 29.0. The summed E-state index contributed by atoms with van der Waals surface area (Å²) in [5.41, 5.74) is 0.195. The molecular weight excluding hydrogens is 566 g/mol. The highest BCUT2D eigenvalue weighted by Crippen LogP contribution is 2.32. The van der Waals surface area contributed by atoms with E-state index in [1.807, 2.05) is 0 Å². The Bertz CT molecular complexity index is 1840. The Labute approximate surface area is 252 Å². The van der Waals surface area contributed by atoms with Crippen molar-refractivity contribution in [1.82, 2.24) is 14.5 Å². The first-order chi connectivity index (χ1) is 21.3. The van der Waals surface area contributed by atoms with Crippen LogP contribution in [0.3, 0.4) is 0 Å². The molecule has 2 aliphatic rings. The van der Waals surface area contributed by atoms with E-state index in [0.717, 1.165) is 41.7 Å². The number of fused-ring (bicyclic) bond motifs is 2. The van der Waals surface area contributed by atoms with Crippen LogP contribution < -0.4 is 41.6 Å². The first-order valence-electron chi connectivity index (χ1n) is 14.5. The lowest BCUT2D eigenvalue weighted by Crippen LogP contribution is -2.45. The Kier molecular flexibility index (Phi) is 8.07. The van der Waals surface area contributed by atoms with Crippen molar-refractivity contribution in [2.24, 2.45) is 5.84 Å². The standard InChI is InChI=1S/C32H33N5O7/c1-42-24-11-9-23(10-12-24)37(33)29(38)18-35-26-16-21(30(39)34-22-5-3-2-4-6-22)8-13-25(26)31(40)36(32(35)41)17-20-7-14-27-28(15-20)44-19-43-27/h7-16,22H,2-6,17-19,33H2,1H3,(H,34,39). The topological polar surface area (TPSA) is 147 Å². The van der Waals surface area contributed by atoms with Gasteiger partial charge in [-0.05, 0) is 73.0 Å². The van der Waals surface area contributed by atoms with Crippen molar-refractivity contribution in [2.75, 3.05) is 18.9 Å². The fourth-order valence-electron chi connectivity index (χ4n) is 5.69. The van der Waals surface area contributed by atoms with Crippen LogP contribution in [0.2, 0.25) is 0 Å². The lowest BCUT2D eigenvalue weighted by molar-refractivity contribution is -0.119. The molecule has 1 fully saturated rings. The molecule has 2 heterocycles. The van der Waals surface area contributed by atoms with Gasteiger partial charge in [-0.15, -0.1) is 0 Å². The smallest absolute Gasteiger partial charge is 0.332 e. The van der Waals surface area contributed by atoms with Gasteiger partial charge in [0.15, 0.2) is 11.5 Å². The fraction of sp³-hybridized carbons (Fsp3) is 0.312. The number of methoxy groups -OCH3 is 1. The van der Waals surface area contributed by atoms with Crippen molar-refractivity contribution in [3.63, 3.8) is 0 Å². The Morgan fingerprint density at radius 3 is 2.45 bits per heavy atom. The summed E-state index contributed by atoms with van der Waals surface area (Å²) in [7, 11) is 1.53. The van der Waals surface area contributed by atoms with Gasteiger partial charge < -0.3 is 19.5 Å². The summed E-state index contributed by atoms with van der Waals surface area (Å²) in [6, 6.07) is 16.4. The molecule has 12 nitrogen and oxygen atoms in total. The Balaban J connectivity index is 1.39. The number of nitrogens with zero attached hydrogens (tertiary/aromatic N) is 3. The Morgan fingerprint density at radius 1 is 0.955 bits per heavy atom. The maximum atomic E-state index is 14.0. The molecule has 0 saturated heterocycles. The second kappa shape index (κ2) is 12.3. The average molecular weight is 600 g/mol. The second-order valence-corrected chi connectivity index (χ2v) is 10.9. The maximum absolute atomic E-state index is 14.0. The quantitative estimate of drug-likeness (QED) is 0.179. The molecular formula is C32H33N5O7. The van der Waals surface area contributed by atoms with Crippen molar-refractivity contribution in [2.45, 2.75) is 51.2 Å². The highest BCUT2D eigenvalue weighted by Gasteiger charge is 2.22. The van der Waals surface area contributed by atoms with Crippen LogP contribution in [0.15, 0.2) is 70.3 Å². The van der Waals surface area contributed by atoms with E-state index >= 15 is 0 Å². The molecule has 12 heteroatoms. The molecule has 44 heavy (non-hydrogen) atoms. The van der Waals surface area contributed by atoms with Crippen LogP contribution in [-0.4, -0.2) is 40.9 Å². The molecule has 228 valence electrons. The molecule has 3 aromatic carbocycles. The molecule has 1 aliphatic carbocycles. The van der Waals surface area contributed by atoms with Gasteiger partial charge in [-0.2, -0.15) is 0 Å². The van der Waals surface area contributed by atoms with E-state index < -0.39 is 23.7 Å². The van der Waals surface area contributed by atoms with Crippen molar-refractivity contribution in [3.05, 3.63) is 92.6 Å². The molecule has 4 aromatic rings. The molecule has 0 atom stereocenters. The minimum absolute atomic E-state index is 0.0701. The number of benzene rings is 3. The molecule has 0 bridgehead atoms. The zero-order chi connectivity index (χ0) is 30.8. The number of nitrogens with two attached hydrogens (primary N) is 1. The SMILES string of the molecule is COc1ccc(N(N)C(=O)Cn2c(=O)n(Cc3ccc4c(c3)OCO4)c(=O)c3ccc(C(=O)NC4CCCCC4)cc32)cc1. The highest BCUT2D eigenvalue weighted by atomic mass is 16.7. The molecule has 1 aliphatic heterocycles. The van der Waals surface area contributed by atoms with Crippen LogP contribution >= 0.6 is 0 Å². The van der Waals surface area contributed by atoms with Gasteiger partial charge in [0, 0.05) is 11.6 Å².